The normalized spacial score (nSPS) is 35.7. The minimum absolute atomic E-state index is 0.0609. The summed E-state index contributed by atoms with van der Waals surface area (Å²) in [5.74, 6) is 0.0609. The number of ether oxygens (including phenoxy) is 1. The Morgan fingerprint density at radius 3 is 2.92 bits per heavy atom. The molecule has 2 aliphatic heterocycles. The Bertz CT molecular complexity index is 205. The number of hydrogen-bond donors (Lipinski definition) is 1. The van der Waals surface area contributed by atoms with E-state index in [1.807, 2.05) is 4.90 Å². The lowest BCUT2D eigenvalue weighted by atomic mass is 10.2. The molecule has 12 heavy (non-hydrogen) atoms. The van der Waals surface area contributed by atoms with Crippen molar-refractivity contribution in [1.29, 1.82) is 0 Å². The minimum Gasteiger partial charge on any atom is -0.374 e. The summed E-state index contributed by atoms with van der Waals surface area (Å²) in [7, 11) is 0. The fourth-order valence-electron chi connectivity index (χ4n) is 1.93. The number of nitrogens with two attached hydrogens (primary N) is 1. The van der Waals surface area contributed by atoms with Gasteiger partial charge in [-0.2, -0.15) is 0 Å². The summed E-state index contributed by atoms with van der Waals surface area (Å²) in [6.45, 7) is 3.17. The van der Waals surface area contributed by atoms with Gasteiger partial charge in [0.25, 0.3) is 0 Å². The van der Waals surface area contributed by atoms with Crippen LogP contribution in [0.25, 0.3) is 0 Å². The van der Waals surface area contributed by atoms with Gasteiger partial charge < -0.3 is 15.4 Å². The molecule has 1 amide bonds. The molecule has 2 N–H and O–H groups in total. The van der Waals surface area contributed by atoms with Crippen molar-refractivity contribution in [2.75, 3.05) is 13.2 Å². The van der Waals surface area contributed by atoms with Crippen molar-refractivity contribution in [3.05, 3.63) is 0 Å². The topological polar surface area (TPSA) is 55.6 Å². The Hall–Kier alpha value is -0.610. The Morgan fingerprint density at radius 2 is 2.50 bits per heavy atom. The zero-order valence-electron chi connectivity index (χ0n) is 7.19. The molecule has 2 heterocycles. The molecule has 0 unspecified atom stereocenters. The van der Waals surface area contributed by atoms with Crippen molar-refractivity contribution in [2.45, 2.75) is 31.5 Å². The molecule has 0 aliphatic carbocycles. The van der Waals surface area contributed by atoms with E-state index in [2.05, 4.69) is 0 Å². The van der Waals surface area contributed by atoms with Crippen LogP contribution in [0.2, 0.25) is 0 Å². The molecular weight excluding hydrogens is 156 g/mol. The Morgan fingerprint density at radius 1 is 1.75 bits per heavy atom. The molecule has 0 saturated carbocycles. The SMILES string of the molecule is C[C@@H](N)C(=O)N1C[C@@H]2C[C@@H]1CO2. The van der Waals surface area contributed by atoms with E-state index in [0.717, 1.165) is 13.0 Å². The van der Waals surface area contributed by atoms with E-state index in [1.165, 1.54) is 0 Å². The van der Waals surface area contributed by atoms with E-state index in [1.54, 1.807) is 6.92 Å². The van der Waals surface area contributed by atoms with E-state index in [0.29, 0.717) is 12.6 Å². The first-order valence-corrected chi connectivity index (χ1v) is 4.36. The molecule has 4 heteroatoms. The van der Waals surface area contributed by atoms with Gasteiger partial charge in [0.2, 0.25) is 5.91 Å². The summed E-state index contributed by atoms with van der Waals surface area (Å²) in [4.78, 5) is 13.3. The molecule has 3 atom stereocenters. The van der Waals surface area contributed by atoms with Gasteiger partial charge in [-0.3, -0.25) is 4.79 Å². The zero-order valence-corrected chi connectivity index (χ0v) is 7.19. The molecule has 0 radical (unpaired) electrons. The first-order valence-electron chi connectivity index (χ1n) is 4.36. The highest BCUT2D eigenvalue weighted by Gasteiger charge is 2.41. The first-order chi connectivity index (χ1) is 5.68. The zero-order chi connectivity index (χ0) is 8.72. The number of rotatable bonds is 1. The van der Waals surface area contributed by atoms with Crippen LogP contribution in [0.5, 0.6) is 0 Å². The summed E-state index contributed by atoms with van der Waals surface area (Å²) < 4.78 is 5.38. The second-order valence-electron chi connectivity index (χ2n) is 3.62. The van der Waals surface area contributed by atoms with Crippen molar-refractivity contribution in [2.24, 2.45) is 5.73 Å². The van der Waals surface area contributed by atoms with Crippen LogP contribution in [0.3, 0.4) is 0 Å². The number of amides is 1. The second kappa shape index (κ2) is 2.71. The third-order valence-electron chi connectivity index (χ3n) is 2.57. The monoisotopic (exact) mass is 170 g/mol. The number of morpholine rings is 1. The fourth-order valence-corrected chi connectivity index (χ4v) is 1.93. The third-order valence-corrected chi connectivity index (χ3v) is 2.57. The number of hydrogen-bond acceptors (Lipinski definition) is 3. The van der Waals surface area contributed by atoms with Crippen molar-refractivity contribution in [1.82, 2.24) is 4.90 Å². The van der Waals surface area contributed by atoms with Crippen LogP contribution < -0.4 is 5.73 Å². The first kappa shape index (κ1) is 8.01. The van der Waals surface area contributed by atoms with Crippen LogP contribution in [-0.2, 0) is 9.53 Å². The van der Waals surface area contributed by atoms with Crippen LogP contribution in [0.1, 0.15) is 13.3 Å². The Kier molecular flexibility index (Phi) is 1.81. The van der Waals surface area contributed by atoms with Gasteiger partial charge >= 0.3 is 0 Å². The van der Waals surface area contributed by atoms with Crippen molar-refractivity contribution >= 4 is 5.91 Å². The number of nitrogens with zero attached hydrogens (tertiary/aromatic N) is 1. The molecule has 0 aromatic carbocycles. The molecule has 2 fully saturated rings. The van der Waals surface area contributed by atoms with Crippen LogP contribution in [0.15, 0.2) is 0 Å². The van der Waals surface area contributed by atoms with E-state index in [9.17, 15) is 4.79 Å². The molecular formula is C8H14N2O2. The molecule has 2 saturated heterocycles. The van der Waals surface area contributed by atoms with Crippen molar-refractivity contribution < 1.29 is 9.53 Å². The fraction of sp³-hybridized carbons (Fsp3) is 0.875. The molecule has 4 nitrogen and oxygen atoms in total. The highest BCUT2D eigenvalue weighted by molar-refractivity contribution is 5.82. The number of carbonyl (C=O) groups excluding carboxylic acids is 1. The van der Waals surface area contributed by atoms with Gasteiger partial charge in [0.1, 0.15) is 0 Å². The summed E-state index contributed by atoms with van der Waals surface area (Å²) in [6, 6.07) is -0.0714. The second-order valence-corrected chi connectivity index (χ2v) is 3.62. The summed E-state index contributed by atoms with van der Waals surface area (Å²) in [6.07, 6.45) is 1.27. The maximum absolute atomic E-state index is 11.5. The van der Waals surface area contributed by atoms with Crippen LogP contribution in [0, 0.1) is 0 Å². The molecule has 2 rings (SSSR count). The Labute approximate surface area is 71.7 Å². The highest BCUT2D eigenvalue weighted by Crippen LogP contribution is 2.27. The van der Waals surface area contributed by atoms with E-state index >= 15 is 0 Å². The molecule has 0 aromatic heterocycles. The van der Waals surface area contributed by atoms with E-state index in [-0.39, 0.29) is 18.1 Å². The van der Waals surface area contributed by atoms with Gasteiger partial charge in [-0.1, -0.05) is 0 Å². The number of carbonyl (C=O) groups is 1. The maximum Gasteiger partial charge on any atom is 0.239 e. The van der Waals surface area contributed by atoms with Gasteiger partial charge in [0.15, 0.2) is 0 Å². The lowest BCUT2D eigenvalue weighted by molar-refractivity contribution is -0.136. The van der Waals surface area contributed by atoms with Crippen LogP contribution >= 0.6 is 0 Å². The molecule has 0 aromatic rings. The largest absolute Gasteiger partial charge is 0.374 e. The minimum atomic E-state index is -0.371. The standard InChI is InChI=1S/C8H14N2O2/c1-5(9)8(11)10-3-7-2-6(10)4-12-7/h5-7H,2-4,9H2,1H3/t5-,6-,7+/m1/s1. The summed E-state index contributed by atoms with van der Waals surface area (Å²) >= 11 is 0. The van der Waals surface area contributed by atoms with E-state index in [4.69, 9.17) is 10.5 Å². The van der Waals surface area contributed by atoms with Crippen molar-refractivity contribution in [3.8, 4) is 0 Å². The number of fused-ring (bicyclic) bond motifs is 2. The average molecular weight is 170 g/mol. The van der Waals surface area contributed by atoms with Crippen molar-refractivity contribution in [3.63, 3.8) is 0 Å². The molecule has 2 bridgehead atoms. The quantitative estimate of drug-likeness (QED) is 0.568. The highest BCUT2D eigenvalue weighted by atomic mass is 16.5. The van der Waals surface area contributed by atoms with Crippen LogP contribution in [0.4, 0.5) is 0 Å². The molecule has 68 valence electrons. The lowest BCUT2D eigenvalue weighted by Gasteiger charge is -2.28. The van der Waals surface area contributed by atoms with E-state index < -0.39 is 0 Å². The lowest BCUT2D eigenvalue weighted by Crippen LogP contribution is -2.48. The summed E-state index contributed by atoms with van der Waals surface area (Å²) in [5, 5.41) is 0. The van der Waals surface area contributed by atoms with Gasteiger partial charge in [-0.25, -0.2) is 0 Å². The Balaban J connectivity index is 2.02. The maximum atomic E-state index is 11.5. The van der Waals surface area contributed by atoms with Gasteiger partial charge in [-0.15, -0.1) is 0 Å². The predicted molar refractivity (Wildman–Crippen MR) is 43.5 cm³/mol. The molecule has 0 spiro atoms. The average Bonchev–Trinajstić information content (AvgIpc) is 2.62. The number of likely N-dealkylation sites (tertiary alicyclic amines) is 1. The van der Waals surface area contributed by atoms with Crippen LogP contribution in [-0.4, -0.2) is 42.1 Å². The smallest absolute Gasteiger partial charge is 0.239 e. The van der Waals surface area contributed by atoms with Gasteiger partial charge in [0, 0.05) is 6.54 Å². The van der Waals surface area contributed by atoms with Gasteiger partial charge in [0.05, 0.1) is 24.8 Å². The molecule has 2 aliphatic rings. The van der Waals surface area contributed by atoms with Gasteiger partial charge in [-0.05, 0) is 13.3 Å². The summed E-state index contributed by atoms with van der Waals surface area (Å²) in [5.41, 5.74) is 5.52. The predicted octanol–water partition coefficient (Wildman–Crippen LogP) is -0.667. The third kappa shape index (κ3) is 1.11.